The standard InChI is InChI=1S/C14H8ClF4N3O2/c15-8-2-1-3-9(16)11(8)12(23)22-13(24)21-10-5-4-7(6-20-10)14(17,18)19/h1-6H,(H2,20,21,22,23,24). The number of anilines is 1. The lowest BCUT2D eigenvalue weighted by Gasteiger charge is -2.09. The van der Waals surface area contributed by atoms with Gasteiger partial charge in [0.25, 0.3) is 5.91 Å². The molecule has 0 aliphatic heterocycles. The first kappa shape index (κ1) is 17.7. The van der Waals surface area contributed by atoms with Crippen molar-refractivity contribution in [3.05, 3.63) is 58.5 Å². The SMILES string of the molecule is O=C(NC(=O)c1c(F)cccc1Cl)Nc1ccc(C(F)(F)F)cn1. The molecule has 2 aromatic rings. The molecule has 5 nitrogen and oxygen atoms in total. The average molecular weight is 362 g/mol. The maximum absolute atomic E-state index is 13.5. The molecule has 0 fully saturated rings. The van der Waals surface area contributed by atoms with Gasteiger partial charge in [-0.1, -0.05) is 17.7 Å². The normalized spacial score (nSPS) is 11.0. The molecule has 126 valence electrons. The molecule has 0 saturated carbocycles. The molecular formula is C14H8ClF4N3O2. The van der Waals surface area contributed by atoms with Crippen molar-refractivity contribution in [3.63, 3.8) is 0 Å². The first-order chi connectivity index (χ1) is 11.2. The number of halogens is 5. The van der Waals surface area contributed by atoms with Crippen LogP contribution < -0.4 is 10.6 Å². The van der Waals surface area contributed by atoms with Gasteiger partial charge in [0.1, 0.15) is 11.6 Å². The van der Waals surface area contributed by atoms with Crippen LogP contribution in [0.2, 0.25) is 5.02 Å². The van der Waals surface area contributed by atoms with Crippen molar-refractivity contribution in [2.45, 2.75) is 6.18 Å². The summed E-state index contributed by atoms with van der Waals surface area (Å²) in [6.45, 7) is 0. The molecule has 2 N–H and O–H groups in total. The van der Waals surface area contributed by atoms with Gasteiger partial charge in [-0.25, -0.2) is 14.2 Å². The van der Waals surface area contributed by atoms with Gasteiger partial charge in [0, 0.05) is 6.20 Å². The van der Waals surface area contributed by atoms with E-state index in [2.05, 4.69) is 4.98 Å². The Morgan fingerprint density at radius 2 is 1.83 bits per heavy atom. The van der Waals surface area contributed by atoms with Gasteiger partial charge in [0.2, 0.25) is 0 Å². The summed E-state index contributed by atoms with van der Waals surface area (Å²) < 4.78 is 50.7. The highest BCUT2D eigenvalue weighted by molar-refractivity contribution is 6.34. The zero-order valence-electron chi connectivity index (χ0n) is 11.6. The van der Waals surface area contributed by atoms with Crippen LogP contribution >= 0.6 is 11.6 Å². The Bertz CT molecular complexity index is 758. The minimum absolute atomic E-state index is 0.201. The van der Waals surface area contributed by atoms with E-state index in [1.165, 1.54) is 12.1 Å². The van der Waals surface area contributed by atoms with Crippen molar-refractivity contribution in [2.24, 2.45) is 0 Å². The summed E-state index contributed by atoms with van der Waals surface area (Å²) in [5.74, 6) is -2.27. The predicted octanol–water partition coefficient (Wildman–Crippen LogP) is 3.85. The van der Waals surface area contributed by atoms with Gasteiger partial charge >= 0.3 is 12.2 Å². The summed E-state index contributed by atoms with van der Waals surface area (Å²) in [4.78, 5) is 26.8. The fourth-order valence-corrected chi connectivity index (χ4v) is 1.91. The first-order valence-electron chi connectivity index (χ1n) is 6.28. The van der Waals surface area contributed by atoms with E-state index in [0.29, 0.717) is 12.3 Å². The summed E-state index contributed by atoms with van der Waals surface area (Å²) >= 11 is 5.68. The van der Waals surface area contributed by atoms with E-state index >= 15 is 0 Å². The second kappa shape index (κ2) is 6.83. The molecular weight excluding hydrogens is 354 g/mol. The fourth-order valence-electron chi connectivity index (χ4n) is 1.66. The maximum Gasteiger partial charge on any atom is 0.417 e. The Morgan fingerprint density at radius 1 is 1.12 bits per heavy atom. The minimum Gasteiger partial charge on any atom is -0.292 e. The summed E-state index contributed by atoms with van der Waals surface area (Å²) in [7, 11) is 0. The van der Waals surface area contributed by atoms with Crippen molar-refractivity contribution >= 4 is 29.4 Å². The van der Waals surface area contributed by atoms with Crippen LogP contribution in [0.3, 0.4) is 0 Å². The molecule has 0 spiro atoms. The highest BCUT2D eigenvalue weighted by atomic mass is 35.5. The Morgan fingerprint density at radius 3 is 2.38 bits per heavy atom. The highest BCUT2D eigenvalue weighted by Crippen LogP contribution is 2.28. The topological polar surface area (TPSA) is 71.1 Å². The van der Waals surface area contributed by atoms with E-state index in [4.69, 9.17) is 11.6 Å². The summed E-state index contributed by atoms with van der Waals surface area (Å²) in [6.07, 6.45) is -4.05. The van der Waals surface area contributed by atoms with Crippen LogP contribution in [0.15, 0.2) is 36.5 Å². The van der Waals surface area contributed by atoms with E-state index in [1.54, 1.807) is 5.32 Å². The number of alkyl halides is 3. The number of hydrogen-bond donors (Lipinski definition) is 2. The third-order valence-corrected chi connectivity index (χ3v) is 3.06. The third-order valence-electron chi connectivity index (χ3n) is 2.75. The van der Waals surface area contributed by atoms with Crippen LogP contribution in [-0.2, 0) is 6.18 Å². The van der Waals surface area contributed by atoms with Gasteiger partial charge < -0.3 is 0 Å². The molecule has 0 atom stereocenters. The quantitative estimate of drug-likeness (QED) is 0.798. The van der Waals surface area contributed by atoms with Crippen molar-refractivity contribution in [1.29, 1.82) is 0 Å². The molecule has 0 unspecified atom stereocenters. The number of imide groups is 1. The number of rotatable bonds is 2. The second-order valence-corrected chi connectivity index (χ2v) is 4.84. The number of nitrogens with one attached hydrogen (secondary N) is 2. The van der Waals surface area contributed by atoms with Crippen LogP contribution in [0.25, 0.3) is 0 Å². The number of carbonyl (C=O) groups is 2. The molecule has 0 bridgehead atoms. The molecule has 1 aromatic heterocycles. The van der Waals surface area contributed by atoms with Gasteiger partial charge in [-0.2, -0.15) is 13.2 Å². The number of hydrogen-bond acceptors (Lipinski definition) is 3. The van der Waals surface area contributed by atoms with Crippen LogP contribution in [0.5, 0.6) is 0 Å². The molecule has 0 radical (unpaired) electrons. The molecule has 0 aliphatic carbocycles. The van der Waals surface area contributed by atoms with Crippen LogP contribution in [0, 0.1) is 5.82 Å². The number of urea groups is 1. The zero-order valence-corrected chi connectivity index (χ0v) is 12.4. The Hall–Kier alpha value is -2.68. The summed E-state index contributed by atoms with van der Waals surface area (Å²) in [6, 6.07) is 4.03. The smallest absolute Gasteiger partial charge is 0.292 e. The fraction of sp³-hybridized carbons (Fsp3) is 0.0714. The molecule has 0 aliphatic rings. The van der Waals surface area contributed by atoms with E-state index < -0.39 is 35.1 Å². The number of carbonyl (C=O) groups excluding carboxylic acids is 2. The molecule has 2 rings (SSSR count). The lowest BCUT2D eigenvalue weighted by atomic mass is 10.2. The van der Waals surface area contributed by atoms with Crippen molar-refractivity contribution in [3.8, 4) is 0 Å². The number of nitrogens with zero attached hydrogens (tertiary/aromatic N) is 1. The van der Waals surface area contributed by atoms with Gasteiger partial charge in [-0.3, -0.25) is 15.4 Å². The van der Waals surface area contributed by atoms with Crippen LogP contribution in [0.1, 0.15) is 15.9 Å². The first-order valence-corrected chi connectivity index (χ1v) is 6.66. The molecule has 1 heterocycles. The largest absolute Gasteiger partial charge is 0.417 e. The summed E-state index contributed by atoms with van der Waals surface area (Å²) in [5.41, 5.74) is -1.53. The van der Waals surface area contributed by atoms with E-state index in [9.17, 15) is 27.2 Å². The number of pyridine rings is 1. The Balaban J connectivity index is 2.04. The molecule has 3 amide bonds. The van der Waals surface area contributed by atoms with E-state index in [1.807, 2.05) is 5.32 Å². The number of aromatic nitrogens is 1. The van der Waals surface area contributed by atoms with Gasteiger partial charge in [-0.05, 0) is 24.3 Å². The van der Waals surface area contributed by atoms with E-state index in [0.717, 1.165) is 12.1 Å². The van der Waals surface area contributed by atoms with Crippen LogP contribution in [-0.4, -0.2) is 16.9 Å². The monoisotopic (exact) mass is 361 g/mol. The second-order valence-electron chi connectivity index (χ2n) is 4.43. The zero-order chi connectivity index (χ0) is 17.9. The van der Waals surface area contributed by atoms with Crippen LogP contribution in [0.4, 0.5) is 28.2 Å². The molecule has 10 heteroatoms. The number of benzene rings is 1. The molecule has 24 heavy (non-hydrogen) atoms. The van der Waals surface area contributed by atoms with Crippen molar-refractivity contribution < 1.29 is 27.2 Å². The average Bonchev–Trinajstić information content (AvgIpc) is 2.46. The summed E-state index contributed by atoms with van der Waals surface area (Å²) in [5, 5.41) is 3.64. The van der Waals surface area contributed by atoms with E-state index in [-0.39, 0.29) is 10.8 Å². The van der Waals surface area contributed by atoms with Gasteiger partial charge in [0.15, 0.2) is 0 Å². The molecule has 1 aromatic carbocycles. The molecule has 0 saturated heterocycles. The van der Waals surface area contributed by atoms with Gasteiger partial charge in [-0.15, -0.1) is 0 Å². The van der Waals surface area contributed by atoms with Gasteiger partial charge in [0.05, 0.1) is 16.1 Å². The third kappa shape index (κ3) is 4.19. The lowest BCUT2D eigenvalue weighted by Crippen LogP contribution is -2.35. The van der Waals surface area contributed by atoms with Crippen molar-refractivity contribution in [1.82, 2.24) is 10.3 Å². The lowest BCUT2D eigenvalue weighted by molar-refractivity contribution is -0.137. The Labute approximate surface area is 137 Å². The Kier molecular flexibility index (Phi) is 5.03. The number of amides is 3. The minimum atomic E-state index is -4.56. The highest BCUT2D eigenvalue weighted by Gasteiger charge is 2.30. The maximum atomic E-state index is 13.5. The predicted molar refractivity (Wildman–Crippen MR) is 77.1 cm³/mol. The van der Waals surface area contributed by atoms with Crippen molar-refractivity contribution in [2.75, 3.05) is 5.32 Å².